The van der Waals surface area contributed by atoms with Gasteiger partial charge in [0.05, 0.1) is 25.9 Å². The second-order valence-electron chi connectivity index (χ2n) is 6.99. The zero-order chi connectivity index (χ0) is 21.3. The molecular formula is C23H24BrN3O3. The second-order valence-corrected chi connectivity index (χ2v) is 7.91. The Bertz CT molecular complexity index is 975. The van der Waals surface area contributed by atoms with Gasteiger partial charge in [0.25, 0.3) is 0 Å². The van der Waals surface area contributed by atoms with E-state index in [1.54, 1.807) is 6.26 Å². The molecule has 1 heterocycles. The lowest BCUT2D eigenvalue weighted by Gasteiger charge is -2.21. The molecule has 0 bridgehead atoms. The minimum atomic E-state index is -0.269. The Kier molecular flexibility index (Phi) is 7.82. The number of rotatable bonds is 9. The summed E-state index contributed by atoms with van der Waals surface area (Å²) in [6.07, 6.45) is 1.62. The van der Waals surface area contributed by atoms with Crippen LogP contribution in [-0.2, 0) is 22.7 Å². The predicted octanol–water partition coefficient (Wildman–Crippen LogP) is 4.11. The van der Waals surface area contributed by atoms with E-state index in [1.807, 2.05) is 72.5 Å². The van der Waals surface area contributed by atoms with Gasteiger partial charge >= 0.3 is 0 Å². The van der Waals surface area contributed by atoms with Gasteiger partial charge in [-0.25, -0.2) is 0 Å². The standard InChI is InChI=1S/C23H24BrN3O3/c1-17-12-19(24)9-10-21(17)26-22(28)13-25-23(29)16-27(15-20-8-5-11-30-20)14-18-6-3-2-4-7-18/h2-12H,13-16H2,1H3,(H,25,29)(H,26,28). The maximum atomic E-state index is 12.5. The van der Waals surface area contributed by atoms with Crippen LogP contribution in [0, 0.1) is 6.92 Å². The first-order valence-corrected chi connectivity index (χ1v) is 10.4. The quantitative estimate of drug-likeness (QED) is 0.494. The van der Waals surface area contributed by atoms with E-state index in [9.17, 15) is 9.59 Å². The van der Waals surface area contributed by atoms with E-state index in [4.69, 9.17) is 4.42 Å². The van der Waals surface area contributed by atoms with Crippen molar-refractivity contribution in [3.63, 3.8) is 0 Å². The Hall–Kier alpha value is -2.90. The van der Waals surface area contributed by atoms with E-state index in [1.165, 1.54) is 0 Å². The summed E-state index contributed by atoms with van der Waals surface area (Å²) in [7, 11) is 0. The topological polar surface area (TPSA) is 74.6 Å². The number of nitrogens with zero attached hydrogens (tertiary/aromatic N) is 1. The van der Waals surface area contributed by atoms with Crippen molar-refractivity contribution in [1.82, 2.24) is 10.2 Å². The molecule has 0 spiro atoms. The number of aryl methyl sites for hydroxylation is 1. The average molecular weight is 470 g/mol. The fourth-order valence-corrected chi connectivity index (χ4v) is 3.51. The van der Waals surface area contributed by atoms with Crippen molar-refractivity contribution in [2.45, 2.75) is 20.0 Å². The third kappa shape index (κ3) is 6.86. The van der Waals surface area contributed by atoms with Gasteiger partial charge in [-0.1, -0.05) is 46.3 Å². The SMILES string of the molecule is Cc1cc(Br)ccc1NC(=O)CNC(=O)CN(Cc1ccccc1)Cc1ccco1. The lowest BCUT2D eigenvalue weighted by molar-refractivity contribution is -0.125. The van der Waals surface area contributed by atoms with Crippen molar-refractivity contribution in [2.75, 3.05) is 18.4 Å². The van der Waals surface area contributed by atoms with Crippen molar-refractivity contribution in [2.24, 2.45) is 0 Å². The van der Waals surface area contributed by atoms with E-state index >= 15 is 0 Å². The maximum absolute atomic E-state index is 12.5. The normalized spacial score (nSPS) is 10.8. The number of carbonyl (C=O) groups excluding carboxylic acids is 2. The highest BCUT2D eigenvalue weighted by atomic mass is 79.9. The molecule has 7 heteroatoms. The van der Waals surface area contributed by atoms with Crippen LogP contribution in [0.5, 0.6) is 0 Å². The van der Waals surface area contributed by atoms with Crippen LogP contribution >= 0.6 is 15.9 Å². The first-order chi connectivity index (χ1) is 14.5. The fraction of sp³-hybridized carbons (Fsp3) is 0.217. The largest absolute Gasteiger partial charge is 0.468 e. The zero-order valence-electron chi connectivity index (χ0n) is 16.7. The van der Waals surface area contributed by atoms with Crippen LogP contribution in [0.4, 0.5) is 5.69 Å². The highest BCUT2D eigenvalue weighted by Gasteiger charge is 2.14. The molecule has 0 saturated carbocycles. The van der Waals surface area contributed by atoms with Crippen LogP contribution in [0.3, 0.4) is 0 Å². The van der Waals surface area contributed by atoms with Crippen molar-refractivity contribution in [1.29, 1.82) is 0 Å². The van der Waals surface area contributed by atoms with E-state index in [0.717, 1.165) is 27.0 Å². The summed E-state index contributed by atoms with van der Waals surface area (Å²) in [5.41, 5.74) is 2.76. The van der Waals surface area contributed by atoms with Gasteiger partial charge in [-0.05, 0) is 48.4 Å². The average Bonchev–Trinajstić information content (AvgIpc) is 3.22. The number of hydrogen-bond acceptors (Lipinski definition) is 4. The molecule has 2 aromatic carbocycles. The molecule has 0 radical (unpaired) electrons. The summed E-state index contributed by atoms with van der Waals surface area (Å²) < 4.78 is 6.37. The Morgan fingerprint density at radius 3 is 2.50 bits per heavy atom. The molecule has 0 unspecified atom stereocenters. The van der Waals surface area contributed by atoms with Crippen LogP contribution in [0.2, 0.25) is 0 Å². The molecule has 2 amide bonds. The first kappa shape index (κ1) is 21.8. The van der Waals surface area contributed by atoms with E-state index in [-0.39, 0.29) is 24.9 Å². The van der Waals surface area contributed by atoms with Gasteiger partial charge in [0.15, 0.2) is 0 Å². The molecule has 30 heavy (non-hydrogen) atoms. The number of hydrogen-bond donors (Lipinski definition) is 2. The van der Waals surface area contributed by atoms with Crippen molar-refractivity contribution < 1.29 is 14.0 Å². The molecule has 156 valence electrons. The lowest BCUT2D eigenvalue weighted by Crippen LogP contribution is -2.40. The molecule has 0 aliphatic carbocycles. The van der Waals surface area contributed by atoms with Gasteiger partial charge in [0, 0.05) is 16.7 Å². The van der Waals surface area contributed by atoms with Crippen LogP contribution in [0.15, 0.2) is 75.8 Å². The van der Waals surface area contributed by atoms with Gasteiger partial charge in [-0.2, -0.15) is 0 Å². The van der Waals surface area contributed by atoms with Crippen molar-refractivity contribution >= 4 is 33.4 Å². The molecule has 0 aliphatic rings. The fourth-order valence-electron chi connectivity index (χ4n) is 3.03. The summed E-state index contributed by atoms with van der Waals surface area (Å²) in [6, 6.07) is 19.2. The van der Waals surface area contributed by atoms with Gasteiger partial charge in [-0.3, -0.25) is 14.5 Å². The molecular weight excluding hydrogens is 446 g/mol. The van der Waals surface area contributed by atoms with Gasteiger partial charge in [0.1, 0.15) is 5.76 Å². The molecule has 0 saturated heterocycles. The van der Waals surface area contributed by atoms with Gasteiger partial charge in [-0.15, -0.1) is 0 Å². The Morgan fingerprint density at radius 1 is 1.00 bits per heavy atom. The highest BCUT2D eigenvalue weighted by Crippen LogP contribution is 2.19. The van der Waals surface area contributed by atoms with Crippen molar-refractivity contribution in [3.8, 4) is 0 Å². The van der Waals surface area contributed by atoms with Gasteiger partial charge in [0.2, 0.25) is 11.8 Å². The summed E-state index contributed by atoms with van der Waals surface area (Å²) >= 11 is 3.40. The van der Waals surface area contributed by atoms with E-state index < -0.39 is 0 Å². The smallest absolute Gasteiger partial charge is 0.243 e. The lowest BCUT2D eigenvalue weighted by atomic mass is 10.2. The van der Waals surface area contributed by atoms with Crippen molar-refractivity contribution in [3.05, 3.63) is 88.3 Å². The molecule has 3 rings (SSSR count). The molecule has 0 aliphatic heterocycles. The van der Waals surface area contributed by atoms with Crippen LogP contribution in [-0.4, -0.2) is 29.8 Å². The summed E-state index contributed by atoms with van der Waals surface area (Å²) in [6.45, 7) is 3.07. The van der Waals surface area contributed by atoms with E-state index in [0.29, 0.717) is 13.1 Å². The molecule has 0 atom stereocenters. The molecule has 0 fully saturated rings. The predicted molar refractivity (Wildman–Crippen MR) is 120 cm³/mol. The Balaban J connectivity index is 1.53. The number of benzene rings is 2. The first-order valence-electron chi connectivity index (χ1n) is 9.61. The summed E-state index contributed by atoms with van der Waals surface area (Å²) in [5, 5.41) is 5.52. The molecule has 2 N–H and O–H groups in total. The van der Waals surface area contributed by atoms with E-state index in [2.05, 4.69) is 26.6 Å². The monoisotopic (exact) mass is 469 g/mol. The van der Waals surface area contributed by atoms with Crippen LogP contribution in [0.1, 0.15) is 16.9 Å². The Morgan fingerprint density at radius 2 is 1.80 bits per heavy atom. The summed E-state index contributed by atoms with van der Waals surface area (Å²) in [4.78, 5) is 26.7. The minimum absolute atomic E-state index is 0.0890. The third-order valence-electron chi connectivity index (χ3n) is 4.48. The number of carbonyl (C=O) groups is 2. The number of anilines is 1. The second kappa shape index (κ2) is 10.8. The Labute approximate surface area is 184 Å². The zero-order valence-corrected chi connectivity index (χ0v) is 18.3. The molecule has 1 aromatic heterocycles. The molecule has 6 nitrogen and oxygen atoms in total. The summed E-state index contributed by atoms with van der Waals surface area (Å²) in [5.74, 6) is 0.289. The number of amides is 2. The maximum Gasteiger partial charge on any atom is 0.243 e. The molecule has 3 aromatic rings. The van der Waals surface area contributed by atoms with Crippen LogP contribution in [0.25, 0.3) is 0 Å². The third-order valence-corrected chi connectivity index (χ3v) is 4.98. The number of furan rings is 1. The highest BCUT2D eigenvalue weighted by molar-refractivity contribution is 9.10. The number of halogens is 1. The van der Waals surface area contributed by atoms with Gasteiger partial charge < -0.3 is 15.1 Å². The van der Waals surface area contributed by atoms with Crippen LogP contribution < -0.4 is 10.6 Å². The minimum Gasteiger partial charge on any atom is -0.468 e. The number of nitrogens with one attached hydrogen (secondary N) is 2.